The van der Waals surface area contributed by atoms with Gasteiger partial charge in [0.2, 0.25) is 0 Å². The predicted octanol–water partition coefficient (Wildman–Crippen LogP) is 1.81. The van der Waals surface area contributed by atoms with E-state index in [4.69, 9.17) is 0 Å². The van der Waals surface area contributed by atoms with Crippen molar-refractivity contribution in [1.82, 2.24) is 15.5 Å². The van der Waals surface area contributed by atoms with E-state index in [0.717, 1.165) is 44.3 Å². The van der Waals surface area contributed by atoms with Crippen molar-refractivity contribution in [2.45, 2.75) is 59.1 Å². The van der Waals surface area contributed by atoms with Gasteiger partial charge >= 0.3 is 6.03 Å². The van der Waals surface area contributed by atoms with Crippen LogP contribution < -0.4 is 10.6 Å². The molecule has 1 fully saturated rings. The van der Waals surface area contributed by atoms with Gasteiger partial charge in [-0.05, 0) is 31.6 Å². The van der Waals surface area contributed by atoms with Crippen LogP contribution in [0.5, 0.6) is 0 Å². The van der Waals surface area contributed by atoms with E-state index in [-0.39, 0.29) is 12.1 Å². The molecule has 4 unspecified atom stereocenters. The average molecular weight is 299 g/mol. The Balaban J connectivity index is 2.23. The van der Waals surface area contributed by atoms with Crippen molar-refractivity contribution in [1.29, 1.82) is 0 Å². The summed E-state index contributed by atoms with van der Waals surface area (Å²) in [6, 6.07) is -0.0680. The van der Waals surface area contributed by atoms with Gasteiger partial charge in [-0.25, -0.2) is 4.79 Å². The zero-order valence-corrected chi connectivity index (χ0v) is 14.1. The van der Waals surface area contributed by atoms with Crippen LogP contribution in [0.25, 0.3) is 0 Å². The van der Waals surface area contributed by atoms with Crippen LogP contribution >= 0.6 is 0 Å². The molecule has 4 atom stereocenters. The Labute approximate surface area is 129 Å². The standard InChI is InChI=1S/C16H33N3O2/c1-5-6-15(20)8-17-16(21)18-14(4)11-19-9-12(2)7-13(3)10-19/h12-15,20H,5-11H2,1-4H3,(H2,17,18,21). The Bertz CT molecular complexity index is 302. The van der Waals surface area contributed by atoms with E-state index >= 15 is 0 Å². The Morgan fingerprint density at radius 3 is 2.52 bits per heavy atom. The van der Waals surface area contributed by atoms with Gasteiger partial charge in [0.25, 0.3) is 0 Å². The Hall–Kier alpha value is -0.810. The number of aliphatic hydroxyl groups is 1. The summed E-state index contributed by atoms with van der Waals surface area (Å²) in [5.41, 5.74) is 0. The molecular formula is C16H33N3O2. The molecule has 1 heterocycles. The summed E-state index contributed by atoms with van der Waals surface area (Å²) in [7, 11) is 0. The number of rotatable bonds is 7. The highest BCUT2D eigenvalue weighted by Crippen LogP contribution is 2.20. The molecule has 2 amide bonds. The van der Waals surface area contributed by atoms with E-state index < -0.39 is 6.10 Å². The number of urea groups is 1. The second-order valence-corrected chi connectivity index (χ2v) is 6.86. The van der Waals surface area contributed by atoms with Crippen LogP contribution in [0, 0.1) is 11.8 Å². The van der Waals surface area contributed by atoms with Gasteiger partial charge in [-0.1, -0.05) is 27.2 Å². The molecule has 0 aromatic rings. The summed E-state index contributed by atoms with van der Waals surface area (Å²) in [5.74, 6) is 1.47. The number of likely N-dealkylation sites (tertiary alicyclic amines) is 1. The maximum atomic E-state index is 11.8. The molecule has 1 aliphatic rings. The lowest BCUT2D eigenvalue weighted by molar-refractivity contribution is 0.130. The lowest BCUT2D eigenvalue weighted by Gasteiger charge is -2.36. The second kappa shape index (κ2) is 9.26. The van der Waals surface area contributed by atoms with Gasteiger partial charge in [0.1, 0.15) is 0 Å². The summed E-state index contributed by atoms with van der Waals surface area (Å²) in [6.45, 7) is 12.1. The average Bonchev–Trinajstić information content (AvgIpc) is 2.35. The van der Waals surface area contributed by atoms with E-state index in [0.29, 0.717) is 6.54 Å². The minimum atomic E-state index is -0.445. The van der Waals surface area contributed by atoms with Gasteiger partial charge in [0, 0.05) is 32.2 Å². The number of amides is 2. The third kappa shape index (κ3) is 7.67. The first kappa shape index (κ1) is 18.2. The normalized spacial score (nSPS) is 26.1. The van der Waals surface area contributed by atoms with E-state index in [1.165, 1.54) is 6.42 Å². The molecule has 1 saturated heterocycles. The van der Waals surface area contributed by atoms with Crippen molar-refractivity contribution in [3.05, 3.63) is 0 Å². The maximum absolute atomic E-state index is 11.8. The van der Waals surface area contributed by atoms with Crippen molar-refractivity contribution in [2.75, 3.05) is 26.2 Å². The zero-order chi connectivity index (χ0) is 15.8. The molecule has 5 nitrogen and oxygen atoms in total. The molecule has 0 aliphatic carbocycles. The maximum Gasteiger partial charge on any atom is 0.315 e. The Morgan fingerprint density at radius 2 is 1.95 bits per heavy atom. The topological polar surface area (TPSA) is 64.6 Å². The third-order valence-electron chi connectivity index (χ3n) is 3.97. The van der Waals surface area contributed by atoms with Gasteiger partial charge in [-0.3, -0.25) is 0 Å². The molecule has 1 aliphatic heterocycles. The number of hydrogen-bond donors (Lipinski definition) is 3. The number of nitrogens with one attached hydrogen (secondary N) is 2. The van der Waals surface area contributed by atoms with Crippen molar-refractivity contribution < 1.29 is 9.90 Å². The van der Waals surface area contributed by atoms with Crippen molar-refractivity contribution >= 4 is 6.03 Å². The van der Waals surface area contributed by atoms with Crippen LogP contribution in [0.4, 0.5) is 4.79 Å². The highest BCUT2D eigenvalue weighted by Gasteiger charge is 2.23. The van der Waals surface area contributed by atoms with Gasteiger partial charge < -0.3 is 20.6 Å². The molecule has 3 N–H and O–H groups in total. The van der Waals surface area contributed by atoms with E-state index in [1.807, 2.05) is 13.8 Å². The summed E-state index contributed by atoms with van der Waals surface area (Å²) in [6.07, 6.45) is 2.50. The Morgan fingerprint density at radius 1 is 1.33 bits per heavy atom. The summed E-state index contributed by atoms with van der Waals surface area (Å²) in [5, 5.41) is 15.3. The Kier molecular flexibility index (Phi) is 8.04. The lowest BCUT2D eigenvalue weighted by Crippen LogP contribution is -2.50. The quantitative estimate of drug-likeness (QED) is 0.672. The zero-order valence-electron chi connectivity index (χ0n) is 14.1. The van der Waals surface area contributed by atoms with E-state index in [9.17, 15) is 9.90 Å². The van der Waals surface area contributed by atoms with Crippen molar-refractivity contribution in [3.8, 4) is 0 Å². The third-order valence-corrected chi connectivity index (χ3v) is 3.97. The molecule has 0 saturated carbocycles. The number of aliphatic hydroxyl groups excluding tert-OH is 1. The van der Waals surface area contributed by atoms with E-state index in [2.05, 4.69) is 29.4 Å². The van der Waals surface area contributed by atoms with E-state index in [1.54, 1.807) is 0 Å². The van der Waals surface area contributed by atoms with Gasteiger partial charge in [0.05, 0.1) is 6.10 Å². The number of carbonyl (C=O) groups is 1. The van der Waals surface area contributed by atoms with Crippen LogP contribution in [0.3, 0.4) is 0 Å². The summed E-state index contributed by atoms with van der Waals surface area (Å²) in [4.78, 5) is 14.2. The fraction of sp³-hybridized carbons (Fsp3) is 0.938. The first-order chi connectivity index (χ1) is 9.90. The number of carbonyl (C=O) groups excluding carboxylic acids is 1. The minimum Gasteiger partial charge on any atom is -0.391 e. The molecule has 21 heavy (non-hydrogen) atoms. The molecule has 0 spiro atoms. The van der Waals surface area contributed by atoms with Crippen LogP contribution in [0.1, 0.15) is 47.0 Å². The largest absolute Gasteiger partial charge is 0.391 e. The lowest BCUT2D eigenvalue weighted by atomic mass is 9.92. The molecule has 0 bridgehead atoms. The van der Waals surface area contributed by atoms with Crippen LogP contribution in [0.15, 0.2) is 0 Å². The number of piperidine rings is 1. The molecule has 0 aromatic heterocycles. The molecule has 0 aromatic carbocycles. The highest BCUT2D eigenvalue weighted by atomic mass is 16.3. The van der Waals surface area contributed by atoms with Crippen molar-refractivity contribution in [3.63, 3.8) is 0 Å². The molecule has 0 radical (unpaired) electrons. The molecule has 5 heteroatoms. The SMILES string of the molecule is CCCC(O)CNC(=O)NC(C)CN1CC(C)CC(C)C1. The fourth-order valence-electron chi connectivity index (χ4n) is 3.29. The molecule has 124 valence electrons. The van der Waals surface area contributed by atoms with Crippen LogP contribution in [0.2, 0.25) is 0 Å². The second-order valence-electron chi connectivity index (χ2n) is 6.86. The summed E-state index contributed by atoms with van der Waals surface area (Å²) >= 11 is 0. The monoisotopic (exact) mass is 299 g/mol. The first-order valence-corrected chi connectivity index (χ1v) is 8.35. The van der Waals surface area contributed by atoms with Gasteiger partial charge in [-0.15, -0.1) is 0 Å². The predicted molar refractivity (Wildman–Crippen MR) is 86.3 cm³/mol. The van der Waals surface area contributed by atoms with Crippen LogP contribution in [-0.2, 0) is 0 Å². The highest BCUT2D eigenvalue weighted by molar-refractivity contribution is 5.74. The minimum absolute atomic E-state index is 0.116. The number of hydrogen-bond acceptors (Lipinski definition) is 3. The van der Waals surface area contributed by atoms with Gasteiger partial charge in [0.15, 0.2) is 0 Å². The van der Waals surface area contributed by atoms with Crippen molar-refractivity contribution in [2.24, 2.45) is 11.8 Å². The fourth-order valence-corrected chi connectivity index (χ4v) is 3.29. The summed E-state index contributed by atoms with van der Waals surface area (Å²) < 4.78 is 0. The van der Waals surface area contributed by atoms with Gasteiger partial charge in [-0.2, -0.15) is 0 Å². The van der Waals surface area contributed by atoms with Crippen LogP contribution in [-0.4, -0.2) is 54.4 Å². The smallest absolute Gasteiger partial charge is 0.315 e. The molecular weight excluding hydrogens is 266 g/mol. The first-order valence-electron chi connectivity index (χ1n) is 8.35. The molecule has 1 rings (SSSR count). The number of nitrogens with zero attached hydrogens (tertiary/aromatic N) is 1.